The fourth-order valence-electron chi connectivity index (χ4n) is 5.12. The van der Waals surface area contributed by atoms with Gasteiger partial charge >= 0.3 is 13.8 Å². The number of allylic oxidation sites excluding steroid dienone is 11. The second-order valence-electron chi connectivity index (χ2n) is 13.2. The predicted molar refractivity (Wildman–Crippen MR) is 219 cm³/mol. The fraction of sp³-hybridized carbons (Fsp3) is 0.698. The maximum Gasteiger partial charge on any atom is 0.472 e. The highest BCUT2D eigenvalue weighted by molar-refractivity contribution is 7.47. The van der Waals surface area contributed by atoms with E-state index < -0.39 is 19.9 Å². The Labute approximate surface area is 318 Å². The number of hydrogen-bond donors (Lipinski definition) is 2. The van der Waals surface area contributed by atoms with Crippen LogP contribution in [0.5, 0.6) is 0 Å². The van der Waals surface area contributed by atoms with E-state index in [1.54, 1.807) is 6.26 Å². The molecule has 0 aromatic heterocycles. The first kappa shape index (κ1) is 49.8. The van der Waals surface area contributed by atoms with E-state index in [1.807, 2.05) is 6.08 Å². The average Bonchev–Trinajstić information content (AvgIpc) is 3.13. The molecule has 0 aliphatic carbocycles. The number of esters is 1. The molecule has 9 heteroatoms. The highest BCUT2D eigenvalue weighted by Crippen LogP contribution is 2.43. The summed E-state index contributed by atoms with van der Waals surface area (Å²) >= 11 is 0. The van der Waals surface area contributed by atoms with Gasteiger partial charge in [0.25, 0.3) is 0 Å². The first-order valence-corrected chi connectivity index (χ1v) is 22.0. The standard InChI is InChI=1S/C43H76NO7P/c1-3-5-7-9-11-13-15-17-19-21-22-24-26-28-30-32-34-36-43(45)51-42(41-50-52(46,47)49-39-37-44)40-48-38-35-33-31-29-27-25-23-20-18-16-14-12-10-8-6-4-2/h11,13,17-20,22,24,28,30,35,38,42H,3-10,12,14-16,21,23,25-27,29,31-34,36-37,39-41,44H2,1-2H3,(H,46,47). The molecule has 52 heavy (non-hydrogen) atoms. The summed E-state index contributed by atoms with van der Waals surface area (Å²) in [5.41, 5.74) is 5.35. The van der Waals surface area contributed by atoms with Gasteiger partial charge in [-0.05, 0) is 89.5 Å². The van der Waals surface area contributed by atoms with Gasteiger partial charge in [0.2, 0.25) is 0 Å². The Kier molecular flexibility index (Phi) is 38.3. The summed E-state index contributed by atoms with van der Waals surface area (Å²) in [6.07, 6.45) is 50.1. The third kappa shape index (κ3) is 39.0. The lowest BCUT2D eigenvalue weighted by Crippen LogP contribution is -2.27. The van der Waals surface area contributed by atoms with Crippen molar-refractivity contribution in [1.82, 2.24) is 0 Å². The van der Waals surface area contributed by atoms with Crippen molar-refractivity contribution in [2.45, 2.75) is 168 Å². The van der Waals surface area contributed by atoms with E-state index in [-0.39, 0.29) is 32.8 Å². The van der Waals surface area contributed by atoms with E-state index in [0.717, 1.165) is 44.9 Å². The molecule has 0 heterocycles. The second-order valence-corrected chi connectivity index (χ2v) is 14.7. The first-order chi connectivity index (χ1) is 25.4. The number of phosphoric ester groups is 1. The van der Waals surface area contributed by atoms with E-state index >= 15 is 0 Å². The van der Waals surface area contributed by atoms with E-state index in [9.17, 15) is 14.3 Å². The van der Waals surface area contributed by atoms with Gasteiger partial charge in [0, 0.05) is 13.0 Å². The van der Waals surface area contributed by atoms with Crippen molar-refractivity contribution in [3.63, 3.8) is 0 Å². The van der Waals surface area contributed by atoms with Crippen molar-refractivity contribution in [3.05, 3.63) is 73.1 Å². The van der Waals surface area contributed by atoms with Crippen LogP contribution in [-0.2, 0) is 27.9 Å². The number of unbranched alkanes of at least 4 members (excludes halogenated alkanes) is 15. The van der Waals surface area contributed by atoms with Crippen LogP contribution in [0.3, 0.4) is 0 Å². The normalized spacial score (nSPS) is 14.2. The molecular weight excluding hydrogens is 673 g/mol. The molecule has 0 aromatic carbocycles. The Hall–Kier alpha value is -2.22. The van der Waals surface area contributed by atoms with Gasteiger partial charge < -0.3 is 20.1 Å². The maximum atomic E-state index is 12.5. The third-order valence-electron chi connectivity index (χ3n) is 8.16. The highest BCUT2D eigenvalue weighted by atomic mass is 31.2. The molecule has 8 nitrogen and oxygen atoms in total. The molecule has 0 bridgehead atoms. The predicted octanol–water partition coefficient (Wildman–Crippen LogP) is 12.3. The molecule has 0 radical (unpaired) electrons. The van der Waals surface area contributed by atoms with Crippen molar-refractivity contribution in [3.8, 4) is 0 Å². The van der Waals surface area contributed by atoms with Gasteiger partial charge in [0.15, 0.2) is 6.10 Å². The SMILES string of the molecule is CCCCCC=CCC=CCC=CCC=CCCCC(=O)OC(COC=CCCCCCCC=CCCCCCCCC)COP(=O)(O)OCCN. The van der Waals surface area contributed by atoms with Crippen LogP contribution >= 0.6 is 7.82 Å². The summed E-state index contributed by atoms with van der Waals surface area (Å²) in [5, 5.41) is 0. The van der Waals surface area contributed by atoms with Gasteiger partial charge in [-0.15, -0.1) is 0 Å². The van der Waals surface area contributed by atoms with Crippen LogP contribution in [0, 0.1) is 0 Å². The molecule has 0 amide bonds. The van der Waals surface area contributed by atoms with Gasteiger partial charge in [-0.1, -0.05) is 132 Å². The van der Waals surface area contributed by atoms with Crippen molar-refractivity contribution in [2.75, 3.05) is 26.4 Å². The summed E-state index contributed by atoms with van der Waals surface area (Å²) in [7, 11) is -4.31. The van der Waals surface area contributed by atoms with Crippen molar-refractivity contribution < 1.29 is 32.8 Å². The summed E-state index contributed by atoms with van der Waals surface area (Å²) in [4.78, 5) is 22.4. The van der Waals surface area contributed by atoms with Gasteiger partial charge in [-0.25, -0.2) is 4.57 Å². The largest absolute Gasteiger partial charge is 0.498 e. The van der Waals surface area contributed by atoms with Gasteiger partial charge in [0.1, 0.15) is 6.61 Å². The Morgan fingerprint density at radius 3 is 1.60 bits per heavy atom. The third-order valence-corrected chi connectivity index (χ3v) is 9.14. The Bertz CT molecular complexity index is 1020. The van der Waals surface area contributed by atoms with Crippen LogP contribution in [-0.4, -0.2) is 43.3 Å². The number of hydrogen-bond acceptors (Lipinski definition) is 7. The Morgan fingerprint density at radius 2 is 1.04 bits per heavy atom. The minimum atomic E-state index is -4.31. The van der Waals surface area contributed by atoms with Gasteiger partial charge in [0.05, 0.1) is 19.5 Å². The lowest BCUT2D eigenvalue weighted by Gasteiger charge is -2.19. The Morgan fingerprint density at radius 1 is 0.596 bits per heavy atom. The molecule has 0 aliphatic heterocycles. The lowest BCUT2D eigenvalue weighted by molar-refractivity contribution is -0.153. The maximum absolute atomic E-state index is 12.5. The molecule has 2 unspecified atom stereocenters. The molecule has 0 spiro atoms. The highest BCUT2D eigenvalue weighted by Gasteiger charge is 2.25. The van der Waals surface area contributed by atoms with Crippen molar-refractivity contribution >= 4 is 13.8 Å². The zero-order valence-electron chi connectivity index (χ0n) is 33.0. The fourth-order valence-corrected chi connectivity index (χ4v) is 5.89. The lowest BCUT2D eigenvalue weighted by atomic mass is 10.1. The number of carbonyl (C=O) groups is 1. The zero-order chi connectivity index (χ0) is 38.1. The molecule has 0 fully saturated rings. The molecule has 0 aromatic rings. The molecule has 300 valence electrons. The van der Waals surface area contributed by atoms with Crippen LogP contribution in [0.15, 0.2) is 73.1 Å². The van der Waals surface area contributed by atoms with E-state index in [4.69, 9.17) is 24.3 Å². The van der Waals surface area contributed by atoms with Crippen LogP contribution in [0.2, 0.25) is 0 Å². The van der Waals surface area contributed by atoms with Crippen molar-refractivity contribution in [1.29, 1.82) is 0 Å². The summed E-state index contributed by atoms with van der Waals surface area (Å²) in [6.45, 7) is 4.11. The second kappa shape index (κ2) is 40.0. The quantitative estimate of drug-likeness (QED) is 0.0211. The monoisotopic (exact) mass is 750 g/mol. The molecule has 3 N–H and O–H groups in total. The topological polar surface area (TPSA) is 117 Å². The van der Waals surface area contributed by atoms with Gasteiger partial charge in [-0.3, -0.25) is 13.8 Å². The molecule has 0 aliphatic rings. The van der Waals surface area contributed by atoms with Crippen LogP contribution in [0.25, 0.3) is 0 Å². The zero-order valence-corrected chi connectivity index (χ0v) is 33.9. The number of nitrogens with two attached hydrogens (primary N) is 1. The van der Waals surface area contributed by atoms with Crippen molar-refractivity contribution in [2.24, 2.45) is 5.73 Å². The van der Waals surface area contributed by atoms with Crippen LogP contribution in [0.4, 0.5) is 0 Å². The molecule has 0 saturated heterocycles. The van der Waals surface area contributed by atoms with E-state index in [2.05, 4.69) is 74.6 Å². The molecular formula is C43H76NO7P. The Balaban J connectivity index is 4.26. The number of rotatable bonds is 38. The summed E-state index contributed by atoms with van der Waals surface area (Å²) in [5.74, 6) is -0.412. The minimum absolute atomic E-state index is 0.00137. The number of ether oxygens (including phenoxy) is 2. The molecule has 0 rings (SSSR count). The van der Waals surface area contributed by atoms with Gasteiger partial charge in [-0.2, -0.15) is 0 Å². The summed E-state index contributed by atoms with van der Waals surface area (Å²) in [6, 6.07) is 0. The number of phosphoric acid groups is 1. The number of carbonyl (C=O) groups excluding carboxylic acids is 1. The van der Waals surface area contributed by atoms with E-state index in [1.165, 1.54) is 89.9 Å². The van der Waals surface area contributed by atoms with Crippen LogP contribution < -0.4 is 5.73 Å². The minimum Gasteiger partial charge on any atom is -0.498 e. The molecule has 2 atom stereocenters. The smallest absolute Gasteiger partial charge is 0.472 e. The van der Waals surface area contributed by atoms with E-state index in [0.29, 0.717) is 6.42 Å². The molecule has 0 saturated carbocycles. The summed E-state index contributed by atoms with van der Waals surface area (Å²) < 4.78 is 33.0. The average molecular weight is 750 g/mol. The van der Waals surface area contributed by atoms with Crippen LogP contribution in [0.1, 0.15) is 162 Å². The first-order valence-electron chi connectivity index (χ1n) is 20.5.